The zero-order chi connectivity index (χ0) is 22.2. The number of anilines is 1. The summed E-state index contributed by atoms with van der Waals surface area (Å²) in [6.07, 6.45) is 5.57. The lowest BCUT2D eigenvalue weighted by Crippen LogP contribution is -2.27. The zero-order valence-corrected chi connectivity index (χ0v) is 19.3. The summed E-state index contributed by atoms with van der Waals surface area (Å²) in [5, 5.41) is 8.73. The van der Waals surface area contributed by atoms with E-state index in [0.717, 1.165) is 43.5 Å². The van der Waals surface area contributed by atoms with E-state index in [1.807, 2.05) is 0 Å². The average molecular weight is 483 g/mol. The maximum absolute atomic E-state index is 13.0. The van der Waals surface area contributed by atoms with Crippen LogP contribution in [0.3, 0.4) is 0 Å². The highest BCUT2D eigenvalue weighted by molar-refractivity contribution is 7.93. The molecule has 1 aliphatic carbocycles. The van der Waals surface area contributed by atoms with E-state index < -0.39 is 25.6 Å². The molecule has 0 spiro atoms. The maximum Gasteiger partial charge on any atom is 0.278 e. The first-order chi connectivity index (χ1) is 14.6. The molecule has 166 valence electrons. The summed E-state index contributed by atoms with van der Waals surface area (Å²) in [5.74, 6) is -0.542. The average Bonchev–Trinajstić information content (AvgIpc) is 3.26. The summed E-state index contributed by atoms with van der Waals surface area (Å²) in [6.45, 7) is 1.45. The number of nitrogens with one attached hydrogen (secondary N) is 1. The SMILES string of the molecule is CS(=O)(=O)c1cnc(NC(=O)/C(=N/N2CCCC2)c2ccc(S(=O)(=O)C3CC3)cc2)s1. The Morgan fingerprint density at radius 3 is 2.32 bits per heavy atom. The van der Waals surface area contributed by atoms with Crippen LogP contribution in [0.4, 0.5) is 5.13 Å². The summed E-state index contributed by atoms with van der Waals surface area (Å²) in [4.78, 5) is 17.2. The number of sulfone groups is 2. The molecule has 2 heterocycles. The molecule has 1 saturated carbocycles. The fraction of sp³-hybridized carbons (Fsp3) is 0.421. The molecule has 0 radical (unpaired) electrons. The molecule has 1 saturated heterocycles. The molecule has 1 aromatic heterocycles. The number of hydrazone groups is 1. The van der Waals surface area contributed by atoms with Gasteiger partial charge in [0, 0.05) is 24.9 Å². The number of rotatable bonds is 7. The van der Waals surface area contributed by atoms with Gasteiger partial charge in [0.25, 0.3) is 5.91 Å². The molecule has 2 aliphatic rings. The number of nitrogens with zero attached hydrogens (tertiary/aromatic N) is 3. The molecule has 9 nitrogen and oxygen atoms in total. The van der Waals surface area contributed by atoms with Gasteiger partial charge in [0.1, 0.15) is 4.21 Å². The maximum atomic E-state index is 13.0. The zero-order valence-electron chi connectivity index (χ0n) is 16.8. The van der Waals surface area contributed by atoms with Crippen molar-refractivity contribution >= 4 is 47.8 Å². The predicted molar refractivity (Wildman–Crippen MR) is 118 cm³/mol. The highest BCUT2D eigenvalue weighted by atomic mass is 32.2. The second-order valence-corrected chi connectivity index (χ2v) is 13.1. The summed E-state index contributed by atoms with van der Waals surface area (Å²) in [6, 6.07) is 6.16. The Labute approximate surface area is 185 Å². The van der Waals surface area contributed by atoms with Gasteiger partial charge in [-0.2, -0.15) is 5.10 Å². The lowest BCUT2D eigenvalue weighted by atomic mass is 10.1. The Morgan fingerprint density at radius 2 is 1.77 bits per heavy atom. The van der Waals surface area contributed by atoms with Crippen LogP contribution in [0.2, 0.25) is 0 Å². The van der Waals surface area contributed by atoms with E-state index in [2.05, 4.69) is 15.4 Å². The van der Waals surface area contributed by atoms with E-state index in [0.29, 0.717) is 18.4 Å². The lowest BCUT2D eigenvalue weighted by molar-refractivity contribution is -0.110. The van der Waals surface area contributed by atoms with Gasteiger partial charge in [0.05, 0.1) is 16.3 Å². The number of thiazole rings is 1. The van der Waals surface area contributed by atoms with Crippen molar-refractivity contribution in [2.24, 2.45) is 5.10 Å². The number of hydrogen-bond donors (Lipinski definition) is 1. The van der Waals surface area contributed by atoms with Crippen molar-refractivity contribution in [2.45, 2.75) is 40.0 Å². The van der Waals surface area contributed by atoms with Gasteiger partial charge in [0.2, 0.25) is 0 Å². The van der Waals surface area contributed by atoms with Crippen LogP contribution >= 0.6 is 11.3 Å². The summed E-state index contributed by atoms with van der Waals surface area (Å²) >= 11 is 0.861. The molecular formula is C19H22N4O5S3. The number of carbonyl (C=O) groups is 1. The van der Waals surface area contributed by atoms with Gasteiger partial charge < -0.3 is 0 Å². The third-order valence-corrected chi connectivity index (χ3v) is 10.0. The van der Waals surface area contributed by atoms with Crippen molar-refractivity contribution in [3.05, 3.63) is 36.0 Å². The van der Waals surface area contributed by atoms with Gasteiger partial charge in [-0.05, 0) is 37.8 Å². The van der Waals surface area contributed by atoms with Crippen molar-refractivity contribution < 1.29 is 21.6 Å². The summed E-state index contributed by atoms with van der Waals surface area (Å²) in [7, 11) is -6.75. The minimum atomic E-state index is -3.42. The van der Waals surface area contributed by atoms with Crippen LogP contribution in [0.15, 0.2) is 44.7 Å². The van der Waals surface area contributed by atoms with E-state index in [1.54, 1.807) is 17.1 Å². The number of benzene rings is 1. The normalized spacial score (nSPS) is 17.7. The molecule has 31 heavy (non-hydrogen) atoms. The third-order valence-electron chi connectivity index (χ3n) is 5.03. The first kappa shape index (κ1) is 21.9. The van der Waals surface area contributed by atoms with Crippen LogP contribution in [0.25, 0.3) is 0 Å². The van der Waals surface area contributed by atoms with Gasteiger partial charge in [0.15, 0.2) is 30.5 Å². The minimum absolute atomic E-state index is 0.0514. The highest BCUT2D eigenvalue weighted by Gasteiger charge is 2.36. The van der Waals surface area contributed by atoms with Crippen LogP contribution in [0.1, 0.15) is 31.2 Å². The number of amides is 1. The van der Waals surface area contributed by atoms with Crippen molar-refractivity contribution in [3.8, 4) is 0 Å². The van der Waals surface area contributed by atoms with Crippen molar-refractivity contribution in [3.63, 3.8) is 0 Å². The van der Waals surface area contributed by atoms with Crippen LogP contribution < -0.4 is 5.32 Å². The van der Waals surface area contributed by atoms with Crippen molar-refractivity contribution in [1.29, 1.82) is 0 Å². The van der Waals surface area contributed by atoms with Crippen LogP contribution in [-0.4, -0.2) is 63.0 Å². The molecule has 1 aromatic carbocycles. The Bertz CT molecular complexity index is 1220. The van der Waals surface area contributed by atoms with Gasteiger partial charge in [-0.15, -0.1) is 0 Å². The molecule has 0 unspecified atom stereocenters. The standard InChI is InChI=1S/C19H22N4O5S3/c1-30(25,26)16-12-20-19(29-16)21-18(24)17(22-23-10-2-3-11-23)13-4-6-14(7-5-13)31(27,28)15-8-9-15/h4-7,12,15H,2-3,8-11H2,1H3,(H,20,21,24)/b22-17+. The van der Waals surface area contributed by atoms with E-state index in [-0.39, 0.29) is 25.2 Å². The smallest absolute Gasteiger partial charge is 0.278 e. The molecule has 1 amide bonds. The quantitative estimate of drug-likeness (QED) is 0.598. The molecular weight excluding hydrogens is 460 g/mol. The van der Waals surface area contributed by atoms with E-state index in [1.165, 1.54) is 18.3 Å². The summed E-state index contributed by atoms with van der Waals surface area (Å²) < 4.78 is 48.3. The van der Waals surface area contributed by atoms with E-state index in [4.69, 9.17) is 0 Å². The number of hydrogen-bond acceptors (Lipinski definition) is 9. The van der Waals surface area contributed by atoms with Gasteiger partial charge in [-0.25, -0.2) is 21.8 Å². The second kappa shape index (κ2) is 8.32. The fourth-order valence-electron chi connectivity index (χ4n) is 3.19. The van der Waals surface area contributed by atoms with Crippen molar-refractivity contribution in [1.82, 2.24) is 9.99 Å². The molecule has 4 rings (SSSR count). The van der Waals surface area contributed by atoms with Crippen molar-refractivity contribution in [2.75, 3.05) is 24.7 Å². The molecule has 2 aromatic rings. The molecule has 1 N–H and O–H groups in total. The van der Waals surface area contributed by atoms with E-state index in [9.17, 15) is 21.6 Å². The Balaban J connectivity index is 1.61. The molecule has 1 aliphatic heterocycles. The first-order valence-electron chi connectivity index (χ1n) is 9.80. The van der Waals surface area contributed by atoms with Crippen LogP contribution in [0, 0.1) is 0 Å². The summed E-state index contributed by atoms with van der Waals surface area (Å²) in [5.41, 5.74) is 0.590. The number of aromatic nitrogens is 1. The van der Waals surface area contributed by atoms with Gasteiger partial charge in [-0.3, -0.25) is 15.1 Å². The molecule has 12 heteroatoms. The Morgan fingerprint density at radius 1 is 1.13 bits per heavy atom. The number of carbonyl (C=O) groups excluding carboxylic acids is 1. The predicted octanol–water partition coefficient (Wildman–Crippen LogP) is 1.92. The van der Waals surface area contributed by atoms with Gasteiger partial charge in [-0.1, -0.05) is 23.5 Å². The molecule has 0 atom stereocenters. The molecule has 2 fully saturated rings. The monoisotopic (exact) mass is 482 g/mol. The Hall–Kier alpha value is -2.31. The van der Waals surface area contributed by atoms with E-state index >= 15 is 0 Å². The van der Waals surface area contributed by atoms with Crippen LogP contribution in [-0.2, 0) is 24.5 Å². The lowest BCUT2D eigenvalue weighted by Gasteiger charge is -2.14. The molecule has 0 bridgehead atoms. The first-order valence-corrected chi connectivity index (χ1v) is 14.0. The fourth-order valence-corrected chi connectivity index (χ4v) is 6.48. The third kappa shape index (κ3) is 4.96. The second-order valence-electron chi connectivity index (χ2n) is 7.59. The topological polar surface area (TPSA) is 126 Å². The minimum Gasteiger partial charge on any atom is -0.296 e. The Kier molecular flexibility index (Phi) is 5.88. The highest BCUT2D eigenvalue weighted by Crippen LogP contribution is 2.33. The largest absolute Gasteiger partial charge is 0.296 e. The van der Waals surface area contributed by atoms with Gasteiger partial charge >= 0.3 is 0 Å². The van der Waals surface area contributed by atoms with Crippen LogP contribution in [0.5, 0.6) is 0 Å².